The number of methoxy groups -OCH3 is 1. The largest absolute Gasteiger partial charge is 0.504 e. The quantitative estimate of drug-likeness (QED) is 0.596. The number of phenols is 1. The molecular formula is C12H10N6O3. The Morgan fingerprint density at radius 2 is 1.95 bits per heavy atom. The lowest BCUT2D eigenvalue weighted by molar-refractivity contribution is 0.103. The number of nitrogens with zero attached hydrogens (tertiary/aromatic N) is 4. The van der Waals surface area contributed by atoms with Crippen molar-refractivity contribution in [2.24, 2.45) is 0 Å². The Hall–Kier alpha value is -3.23. The number of carbonyl (C=O) groups is 1. The number of benzene rings is 1. The molecule has 3 aromatic rings. The van der Waals surface area contributed by atoms with Crippen LogP contribution in [0.1, 0.15) is 16.1 Å². The van der Waals surface area contributed by atoms with E-state index in [9.17, 15) is 9.90 Å². The molecule has 9 heteroatoms. The summed E-state index contributed by atoms with van der Waals surface area (Å²) in [5, 5.41) is 29.7. The fourth-order valence-electron chi connectivity index (χ4n) is 1.99. The minimum Gasteiger partial charge on any atom is -0.504 e. The highest BCUT2D eigenvalue weighted by Crippen LogP contribution is 2.39. The van der Waals surface area contributed by atoms with Crippen LogP contribution in [-0.2, 0) is 0 Å². The van der Waals surface area contributed by atoms with Crippen LogP contribution in [-0.4, -0.2) is 48.8 Å². The first kappa shape index (κ1) is 12.8. The fraction of sp³-hybridized carbons (Fsp3) is 0.0833. The third-order valence-electron chi connectivity index (χ3n) is 2.90. The smallest absolute Gasteiger partial charge is 0.215 e. The van der Waals surface area contributed by atoms with Crippen molar-refractivity contribution in [1.29, 1.82) is 0 Å². The zero-order valence-corrected chi connectivity index (χ0v) is 10.9. The summed E-state index contributed by atoms with van der Waals surface area (Å²) in [6.07, 6.45) is 2.74. The molecule has 0 saturated heterocycles. The molecular weight excluding hydrogens is 276 g/mol. The van der Waals surface area contributed by atoms with Crippen LogP contribution < -0.4 is 4.74 Å². The molecule has 3 rings (SSSR count). The van der Waals surface area contributed by atoms with E-state index >= 15 is 0 Å². The molecule has 2 heterocycles. The number of nitrogens with one attached hydrogen (secondary N) is 2. The van der Waals surface area contributed by atoms with Gasteiger partial charge in [0.05, 0.1) is 25.1 Å². The van der Waals surface area contributed by atoms with Gasteiger partial charge in [-0.25, -0.2) is 0 Å². The van der Waals surface area contributed by atoms with Gasteiger partial charge in [0.15, 0.2) is 17.2 Å². The van der Waals surface area contributed by atoms with Gasteiger partial charge in [0.2, 0.25) is 5.78 Å². The number of ether oxygens (including phenoxy) is 1. The monoisotopic (exact) mass is 286 g/mol. The van der Waals surface area contributed by atoms with Crippen LogP contribution in [0.3, 0.4) is 0 Å². The topological polar surface area (TPSA) is 130 Å². The molecule has 0 fully saturated rings. The number of hydrogen-bond acceptors (Lipinski definition) is 7. The molecule has 0 bridgehead atoms. The standard InChI is InChI=1S/C12H10N6O3/c1-21-12-9(19)3-2-6(10(12)7-4-13-17-15-7)11(20)8-5-14-18-16-8/h2-5,19H,1H3,(H,13,15,17)(H,14,16,18). The molecule has 0 unspecified atom stereocenters. The number of aromatic amines is 2. The van der Waals surface area contributed by atoms with Crippen LogP contribution >= 0.6 is 0 Å². The van der Waals surface area contributed by atoms with Crippen LogP contribution in [0, 0.1) is 0 Å². The van der Waals surface area contributed by atoms with Crippen LogP contribution in [0.15, 0.2) is 24.5 Å². The molecule has 0 atom stereocenters. The molecule has 9 nitrogen and oxygen atoms in total. The minimum atomic E-state index is -0.375. The summed E-state index contributed by atoms with van der Waals surface area (Å²) >= 11 is 0. The van der Waals surface area contributed by atoms with Gasteiger partial charge in [-0.05, 0) is 12.1 Å². The maximum Gasteiger partial charge on any atom is 0.215 e. The van der Waals surface area contributed by atoms with Gasteiger partial charge in [0.1, 0.15) is 5.69 Å². The number of ketones is 1. The van der Waals surface area contributed by atoms with Crippen molar-refractivity contribution in [3.05, 3.63) is 35.8 Å². The number of carbonyl (C=O) groups excluding carboxylic acids is 1. The first-order valence-electron chi connectivity index (χ1n) is 5.89. The second kappa shape index (κ2) is 5.04. The van der Waals surface area contributed by atoms with E-state index in [1.807, 2.05) is 0 Å². The first-order valence-corrected chi connectivity index (χ1v) is 5.89. The van der Waals surface area contributed by atoms with E-state index < -0.39 is 0 Å². The van der Waals surface area contributed by atoms with Crippen molar-refractivity contribution in [3.63, 3.8) is 0 Å². The zero-order chi connectivity index (χ0) is 14.8. The SMILES string of the molecule is COc1c(O)ccc(C(=O)c2cn[nH]n2)c1-c1cn[nH]n1. The summed E-state index contributed by atoms with van der Waals surface area (Å²) in [6.45, 7) is 0. The van der Waals surface area contributed by atoms with Crippen molar-refractivity contribution in [2.45, 2.75) is 0 Å². The second-order valence-electron chi connectivity index (χ2n) is 4.08. The van der Waals surface area contributed by atoms with Gasteiger partial charge >= 0.3 is 0 Å². The lowest BCUT2D eigenvalue weighted by Crippen LogP contribution is -2.06. The van der Waals surface area contributed by atoms with E-state index in [4.69, 9.17) is 4.74 Å². The third-order valence-corrected chi connectivity index (χ3v) is 2.90. The molecule has 106 valence electrons. The maximum atomic E-state index is 12.5. The Morgan fingerprint density at radius 3 is 2.57 bits per heavy atom. The Balaban J connectivity index is 2.23. The number of hydrogen-bond donors (Lipinski definition) is 3. The predicted molar refractivity (Wildman–Crippen MR) is 69.9 cm³/mol. The van der Waals surface area contributed by atoms with E-state index in [-0.39, 0.29) is 28.5 Å². The highest BCUT2D eigenvalue weighted by atomic mass is 16.5. The number of H-pyrrole nitrogens is 2. The number of phenolic OH excluding ortho intramolecular Hbond substituents is 1. The van der Waals surface area contributed by atoms with Crippen molar-refractivity contribution in [2.75, 3.05) is 7.11 Å². The van der Waals surface area contributed by atoms with E-state index in [2.05, 4.69) is 30.8 Å². The molecule has 0 saturated carbocycles. The molecule has 2 aromatic heterocycles. The number of aromatic hydroxyl groups is 1. The molecule has 0 aliphatic carbocycles. The second-order valence-corrected chi connectivity index (χ2v) is 4.08. The van der Waals surface area contributed by atoms with Gasteiger partial charge in [0.25, 0.3) is 0 Å². The number of rotatable bonds is 4. The van der Waals surface area contributed by atoms with Gasteiger partial charge in [-0.3, -0.25) is 4.79 Å². The van der Waals surface area contributed by atoms with Crippen LogP contribution in [0.2, 0.25) is 0 Å². The molecule has 21 heavy (non-hydrogen) atoms. The molecule has 0 aliphatic rings. The van der Waals surface area contributed by atoms with E-state index in [0.29, 0.717) is 11.3 Å². The zero-order valence-electron chi connectivity index (χ0n) is 10.9. The van der Waals surface area contributed by atoms with Crippen LogP contribution in [0.5, 0.6) is 11.5 Å². The summed E-state index contributed by atoms with van der Waals surface area (Å²) in [4.78, 5) is 12.5. The summed E-state index contributed by atoms with van der Waals surface area (Å²) in [5.41, 5.74) is 1.12. The number of aromatic nitrogens is 6. The highest BCUT2D eigenvalue weighted by molar-refractivity contribution is 6.12. The van der Waals surface area contributed by atoms with E-state index in [0.717, 1.165) is 0 Å². The Kier molecular flexibility index (Phi) is 3.07. The summed E-state index contributed by atoms with van der Waals surface area (Å²) in [7, 11) is 1.39. The fourth-order valence-corrected chi connectivity index (χ4v) is 1.99. The van der Waals surface area contributed by atoms with E-state index in [1.54, 1.807) is 0 Å². The van der Waals surface area contributed by atoms with Gasteiger partial charge in [-0.1, -0.05) is 0 Å². The summed E-state index contributed by atoms with van der Waals surface area (Å²) < 4.78 is 5.18. The maximum absolute atomic E-state index is 12.5. The Morgan fingerprint density at radius 1 is 1.19 bits per heavy atom. The molecule has 0 spiro atoms. The summed E-state index contributed by atoms with van der Waals surface area (Å²) in [6, 6.07) is 2.84. The molecule has 3 N–H and O–H groups in total. The third kappa shape index (κ3) is 2.10. The summed E-state index contributed by atoms with van der Waals surface area (Å²) in [5.74, 6) is -0.342. The molecule has 0 radical (unpaired) electrons. The molecule has 0 aliphatic heterocycles. The van der Waals surface area contributed by atoms with Gasteiger partial charge in [-0.15, -0.1) is 0 Å². The Labute approximate surface area is 118 Å². The lowest BCUT2D eigenvalue weighted by atomic mass is 9.98. The lowest BCUT2D eigenvalue weighted by Gasteiger charge is -2.12. The predicted octanol–water partition coefficient (Wildman–Crippen LogP) is 0.535. The molecule has 1 aromatic carbocycles. The van der Waals surface area contributed by atoms with Crippen molar-refractivity contribution in [1.82, 2.24) is 30.8 Å². The van der Waals surface area contributed by atoms with E-state index in [1.165, 1.54) is 31.6 Å². The van der Waals surface area contributed by atoms with Crippen molar-refractivity contribution < 1.29 is 14.6 Å². The van der Waals surface area contributed by atoms with Gasteiger partial charge in [-0.2, -0.15) is 30.8 Å². The van der Waals surface area contributed by atoms with Crippen LogP contribution in [0.4, 0.5) is 0 Å². The first-order chi connectivity index (χ1) is 10.2. The van der Waals surface area contributed by atoms with Crippen LogP contribution in [0.25, 0.3) is 11.3 Å². The Bertz CT molecular complexity index is 767. The molecule has 0 amide bonds. The minimum absolute atomic E-state index is 0.104. The highest BCUT2D eigenvalue weighted by Gasteiger charge is 2.24. The van der Waals surface area contributed by atoms with Gasteiger partial charge in [0, 0.05) is 5.56 Å². The average Bonchev–Trinajstić information content (AvgIpc) is 3.19. The van der Waals surface area contributed by atoms with Gasteiger partial charge < -0.3 is 9.84 Å². The normalized spacial score (nSPS) is 10.5. The average molecular weight is 286 g/mol. The van der Waals surface area contributed by atoms with Crippen molar-refractivity contribution >= 4 is 5.78 Å². The van der Waals surface area contributed by atoms with Crippen molar-refractivity contribution in [3.8, 4) is 22.8 Å².